The Labute approximate surface area is 152 Å². The standard InChI is InChI=1S/C20H22FN3O2/c1-14-5-6-18(22-13-14)23-20(26)16-7-9-24(10-8-16)19(25)12-15-3-2-4-17(21)11-15/h2-6,11,13,16H,7-10,12H2,1H3,(H,22,23,26). The van der Waals surface area contributed by atoms with Crippen molar-refractivity contribution < 1.29 is 14.0 Å². The lowest BCUT2D eigenvalue weighted by molar-refractivity contribution is -0.133. The number of anilines is 1. The lowest BCUT2D eigenvalue weighted by Gasteiger charge is -2.31. The van der Waals surface area contributed by atoms with Gasteiger partial charge >= 0.3 is 0 Å². The number of pyridine rings is 1. The highest BCUT2D eigenvalue weighted by atomic mass is 19.1. The van der Waals surface area contributed by atoms with E-state index in [0.29, 0.717) is 37.3 Å². The Hall–Kier alpha value is -2.76. The Morgan fingerprint density at radius 2 is 2.00 bits per heavy atom. The van der Waals surface area contributed by atoms with Gasteiger partial charge in [0.05, 0.1) is 6.42 Å². The maximum absolute atomic E-state index is 13.2. The van der Waals surface area contributed by atoms with E-state index in [1.165, 1.54) is 12.1 Å². The number of benzene rings is 1. The normalized spacial score (nSPS) is 14.9. The van der Waals surface area contributed by atoms with Gasteiger partial charge in [0.1, 0.15) is 11.6 Å². The summed E-state index contributed by atoms with van der Waals surface area (Å²) in [6.07, 6.45) is 3.13. The number of carbonyl (C=O) groups excluding carboxylic acids is 2. The van der Waals surface area contributed by atoms with E-state index in [2.05, 4.69) is 10.3 Å². The fraction of sp³-hybridized carbons (Fsp3) is 0.350. The van der Waals surface area contributed by atoms with Gasteiger partial charge in [-0.25, -0.2) is 9.37 Å². The van der Waals surface area contributed by atoms with Gasteiger partial charge in [-0.1, -0.05) is 18.2 Å². The summed E-state index contributed by atoms with van der Waals surface area (Å²) in [6.45, 7) is 3.01. The van der Waals surface area contributed by atoms with Crippen LogP contribution in [-0.2, 0) is 16.0 Å². The van der Waals surface area contributed by atoms with Crippen LogP contribution in [0.2, 0.25) is 0 Å². The minimum Gasteiger partial charge on any atom is -0.342 e. The molecule has 6 heteroatoms. The van der Waals surface area contributed by atoms with Crippen molar-refractivity contribution in [3.05, 3.63) is 59.5 Å². The second kappa shape index (κ2) is 8.08. The number of halogens is 1. The van der Waals surface area contributed by atoms with Crippen LogP contribution < -0.4 is 5.32 Å². The average molecular weight is 355 g/mol. The molecule has 3 rings (SSSR count). The molecule has 2 amide bonds. The summed E-state index contributed by atoms with van der Waals surface area (Å²) in [5.74, 6) is -0.00910. The molecule has 0 saturated carbocycles. The fourth-order valence-electron chi connectivity index (χ4n) is 3.09. The molecule has 0 bridgehead atoms. The number of piperidine rings is 1. The van der Waals surface area contributed by atoms with Crippen molar-refractivity contribution in [3.8, 4) is 0 Å². The molecule has 2 aromatic rings. The molecule has 0 atom stereocenters. The van der Waals surface area contributed by atoms with Gasteiger partial charge in [0.2, 0.25) is 11.8 Å². The topological polar surface area (TPSA) is 62.3 Å². The monoisotopic (exact) mass is 355 g/mol. The van der Waals surface area contributed by atoms with Crippen molar-refractivity contribution in [3.63, 3.8) is 0 Å². The molecule has 1 aromatic heterocycles. The van der Waals surface area contributed by atoms with E-state index < -0.39 is 0 Å². The zero-order valence-corrected chi connectivity index (χ0v) is 14.7. The molecule has 1 fully saturated rings. The Kier molecular flexibility index (Phi) is 5.61. The first kappa shape index (κ1) is 18.0. The van der Waals surface area contributed by atoms with Gasteiger partial charge in [0.25, 0.3) is 0 Å². The molecular formula is C20H22FN3O2. The SMILES string of the molecule is Cc1ccc(NC(=O)C2CCN(C(=O)Cc3cccc(F)c3)CC2)nc1. The van der Waals surface area contributed by atoms with E-state index in [-0.39, 0.29) is 30.0 Å². The first-order valence-corrected chi connectivity index (χ1v) is 8.77. The smallest absolute Gasteiger partial charge is 0.228 e. The third-order valence-electron chi connectivity index (χ3n) is 4.63. The molecule has 1 aromatic carbocycles. The number of nitrogens with zero attached hydrogens (tertiary/aromatic N) is 2. The summed E-state index contributed by atoms with van der Waals surface area (Å²) >= 11 is 0. The number of hydrogen-bond donors (Lipinski definition) is 1. The van der Waals surface area contributed by atoms with Crippen molar-refractivity contribution in [1.29, 1.82) is 0 Å². The third kappa shape index (κ3) is 4.65. The van der Waals surface area contributed by atoms with Crippen LogP contribution in [-0.4, -0.2) is 34.8 Å². The zero-order chi connectivity index (χ0) is 18.5. The summed E-state index contributed by atoms with van der Waals surface area (Å²) < 4.78 is 13.2. The van der Waals surface area contributed by atoms with E-state index >= 15 is 0 Å². The second-order valence-electron chi connectivity index (χ2n) is 6.67. The highest BCUT2D eigenvalue weighted by Crippen LogP contribution is 2.20. The molecule has 1 aliphatic heterocycles. The lowest BCUT2D eigenvalue weighted by Crippen LogP contribution is -2.42. The summed E-state index contributed by atoms with van der Waals surface area (Å²) in [6, 6.07) is 9.78. The van der Waals surface area contributed by atoms with Crippen LogP contribution in [0.15, 0.2) is 42.6 Å². The van der Waals surface area contributed by atoms with Crippen LogP contribution in [0.1, 0.15) is 24.0 Å². The predicted octanol–water partition coefficient (Wildman–Crippen LogP) is 2.95. The molecule has 1 N–H and O–H groups in total. The molecule has 1 saturated heterocycles. The maximum Gasteiger partial charge on any atom is 0.228 e. The second-order valence-corrected chi connectivity index (χ2v) is 6.67. The van der Waals surface area contributed by atoms with Crippen LogP contribution in [0.4, 0.5) is 10.2 Å². The molecule has 26 heavy (non-hydrogen) atoms. The van der Waals surface area contributed by atoms with Gasteiger partial charge in [-0.3, -0.25) is 9.59 Å². The summed E-state index contributed by atoms with van der Waals surface area (Å²) in [5.41, 5.74) is 1.70. The van der Waals surface area contributed by atoms with Gasteiger partial charge in [0, 0.05) is 25.2 Å². The highest BCUT2D eigenvalue weighted by molar-refractivity contribution is 5.92. The Morgan fingerprint density at radius 3 is 2.65 bits per heavy atom. The van der Waals surface area contributed by atoms with Crippen molar-refractivity contribution in [2.45, 2.75) is 26.2 Å². The number of rotatable bonds is 4. The van der Waals surface area contributed by atoms with Crippen LogP contribution >= 0.6 is 0 Å². The van der Waals surface area contributed by atoms with Crippen LogP contribution in [0.25, 0.3) is 0 Å². The van der Waals surface area contributed by atoms with E-state index in [9.17, 15) is 14.0 Å². The highest BCUT2D eigenvalue weighted by Gasteiger charge is 2.27. The van der Waals surface area contributed by atoms with Gasteiger partial charge in [0.15, 0.2) is 0 Å². The van der Waals surface area contributed by atoms with Gasteiger partial charge in [-0.2, -0.15) is 0 Å². The number of aromatic nitrogens is 1. The number of aryl methyl sites for hydroxylation is 1. The molecule has 5 nitrogen and oxygen atoms in total. The van der Waals surface area contributed by atoms with Crippen molar-refractivity contribution in [2.24, 2.45) is 5.92 Å². The number of likely N-dealkylation sites (tertiary alicyclic amines) is 1. The average Bonchev–Trinajstić information content (AvgIpc) is 2.64. The van der Waals surface area contributed by atoms with Crippen LogP contribution in [0.5, 0.6) is 0 Å². The maximum atomic E-state index is 13.2. The Bertz CT molecular complexity index is 784. The minimum absolute atomic E-state index is 0.0327. The van der Waals surface area contributed by atoms with E-state index in [1.807, 2.05) is 13.0 Å². The summed E-state index contributed by atoms with van der Waals surface area (Å²) in [7, 11) is 0. The first-order chi connectivity index (χ1) is 12.5. The van der Waals surface area contributed by atoms with Crippen molar-refractivity contribution in [2.75, 3.05) is 18.4 Å². The van der Waals surface area contributed by atoms with Crippen molar-refractivity contribution >= 4 is 17.6 Å². The van der Waals surface area contributed by atoms with Gasteiger partial charge < -0.3 is 10.2 Å². The minimum atomic E-state index is -0.338. The van der Waals surface area contributed by atoms with E-state index in [1.54, 1.807) is 29.3 Å². The molecular weight excluding hydrogens is 333 g/mol. The van der Waals surface area contributed by atoms with Gasteiger partial charge in [-0.15, -0.1) is 0 Å². The Morgan fingerprint density at radius 1 is 1.23 bits per heavy atom. The molecule has 0 spiro atoms. The molecule has 0 aliphatic carbocycles. The lowest BCUT2D eigenvalue weighted by atomic mass is 9.95. The summed E-state index contributed by atoms with van der Waals surface area (Å²) in [4.78, 5) is 30.7. The molecule has 0 unspecified atom stereocenters. The molecule has 0 radical (unpaired) electrons. The van der Waals surface area contributed by atoms with E-state index in [0.717, 1.165) is 5.56 Å². The largest absolute Gasteiger partial charge is 0.342 e. The number of nitrogens with one attached hydrogen (secondary N) is 1. The third-order valence-corrected chi connectivity index (χ3v) is 4.63. The van der Waals surface area contributed by atoms with E-state index in [4.69, 9.17) is 0 Å². The van der Waals surface area contributed by atoms with Gasteiger partial charge in [-0.05, 0) is 49.1 Å². The molecule has 1 aliphatic rings. The summed E-state index contributed by atoms with van der Waals surface area (Å²) in [5, 5.41) is 2.83. The first-order valence-electron chi connectivity index (χ1n) is 8.77. The van der Waals surface area contributed by atoms with Crippen LogP contribution in [0, 0.1) is 18.7 Å². The Balaban J connectivity index is 1.49. The quantitative estimate of drug-likeness (QED) is 0.917. The fourth-order valence-corrected chi connectivity index (χ4v) is 3.09. The number of hydrogen-bond acceptors (Lipinski definition) is 3. The molecule has 136 valence electrons. The number of carbonyl (C=O) groups is 2. The van der Waals surface area contributed by atoms with Crippen LogP contribution in [0.3, 0.4) is 0 Å². The number of amides is 2. The zero-order valence-electron chi connectivity index (χ0n) is 14.7. The van der Waals surface area contributed by atoms with Crippen molar-refractivity contribution in [1.82, 2.24) is 9.88 Å². The molecule has 2 heterocycles. The predicted molar refractivity (Wildman–Crippen MR) is 97.0 cm³/mol.